The first-order valence-corrected chi connectivity index (χ1v) is 5.44. The molecule has 0 fully saturated rings. The van der Waals surface area contributed by atoms with Gasteiger partial charge < -0.3 is 10.5 Å². The first-order chi connectivity index (χ1) is 7.03. The molecule has 1 unspecified atom stereocenters. The van der Waals surface area contributed by atoms with Crippen LogP contribution in [0.25, 0.3) is 0 Å². The maximum absolute atomic E-state index is 6.19. The van der Waals surface area contributed by atoms with Crippen molar-refractivity contribution >= 4 is 0 Å². The molecule has 86 valence electrons. The minimum absolute atomic E-state index is 0.153. The molecular weight excluding hydrogens is 190 g/mol. The molecule has 0 aliphatic heterocycles. The van der Waals surface area contributed by atoms with E-state index in [0.717, 1.165) is 12.2 Å². The van der Waals surface area contributed by atoms with E-state index in [-0.39, 0.29) is 11.6 Å². The molecule has 15 heavy (non-hydrogen) atoms. The second-order valence-electron chi connectivity index (χ2n) is 4.09. The molecule has 1 aromatic rings. The topological polar surface area (TPSA) is 53.1 Å². The molecule has 1 atom stereocenters. The van der Waals surface area contributed by atoms with Crippen LogP contribution >= 0.6 is 0 Å². The Kier molecular flexibility index (Phi) is 3.88. The van der Waals surface area contributed by atoms with E-state index in [1.54, 1.807) is 6.20 Å². The second-order valence-corrected chi connectivity index (χ2v) is 4.09. The number of nitrogens with zero attached hydrogens (tertiary/aromatic N) is 2. The van der Waals surface area contributed by atoms with Crippen LogP contribution in [0.5, 0.6) is 0 Å². The minimum Gasteiger partial charge on any atom is -0.374 e. The van der Waals surface area contributed by atoms with Crippen molar-refractivity contribution in [1.29, 1.82) is 0 Å². The summed E-state index contributed by atoms with van der Waals surface area (Å²) in [6.07, 6.45) is 1.78. The zero-order valence-electron chi connectivity index (χ0n) is 10.0. The summed E-state index contributed by atoms with van der Waals surface area (Å²) in [5.41, 5.74) is 6.86. The average molecular weight is 211 g/mol. The summed E-state index contributed by atoms with van der Waals surface area (Å²) in [5, 5.41) is 4.21. The zero-order valence-corrected chi connectivity index (χ0v) is 10.0. The molecule has 0 bridgehead atoms. The molecule has 0 saturated carbocycles. The second kappa shape index (κ2) is 4.77. The smallest absolute Gasteiger partial charge is 0.0833 e. The van der Waals surface area contributed by atoms with Gasteiger partial charge in [0.1, 0.15) is 0 Å². The third-order valence-electron chi connectivity index (χ3n) is 2.63. The van der Waals surface area contributed by atoms with Gasteiger partial charge in [-0.1, -0.05) is 0 Å². The van der Waals surface area contributed by atoms with Crippen molar-refractivity contribution in [3.8, 4) is 0 Å². The van der Waals surface area contributed by atoms with Crippen LogP contribution in [-0.2, 0) is 11.3 Å². The van der Waals surface area contributed by atoms with Crippen LogP contribution in [0.2, 0.25) is 0 Å². The van der Waals surface area contributed by atoms with E-state index in [2.05, 4.69) is 12.0 Å². The fraction of sp³-hybridized carbons (Fsp3) is 0.727. The number of rotatable bonds is 5. The van der Waals surface area contributed by atoms with Gasteiger partial charge in [0.2, 0.25) is 0 Å². The highest BCUT2D eigenvalue weighted by molar-refractivity contribution is 5.11. The van der Waals surface area contributed by atoms with Crippen molar-refractivity contribution in [3.05, 3.63) is 18.0 Å². The fourth-order valence-electron chi connectivity index (χ4n) is 1.69. The Bertz CT molecular complexity index is 307. The standard InChI is InChI=1S/C11H21N3O/c1-5-14-9(7-8-13-14)10(12)11(3,4)15-6-2/h7-8,10H,5-6,12H2,1-4H3. The van der Waals surface area contributed by atoms with Gasteiger partial charge in [-0.05, 0) is 33.8 Å². The molecule has 0 saturated heterocycles. The van der Waals surface area contributed by atoms with E-state index < -0.39 is 0 Å². The summed E-state index contributed by atoms with van der Waals surface area (Å²) in [6, 6.07) is 1.80. The molecule has 4 heteroatoms. The lowest BCUT2D eigenvalue weighted by Gasteiger charge is -2.31. The van der Waals surface area contributed by atoms with Gasteiger partial charge in [0.25, 0.3) is 0 Å². The molecule has 1 rings (SSSR count). The maximum Gasteiger partial charge on any atom is 0.0833 e. The molecule has 4 nitrogen and oxygen atoms in total. The van der Waals surface area contributed by atoms with E-state index in [0.29, 0.717) is 6.61 Å². The number of aromatic nitrogens is 2. The molecule has 0 aliphatic carbocycles. The Labute approximate surface area is 91.4 Å². The van der Waals surface area contributed by atoms with E-state index >= 15 is 0 Å². The number of hydrogen-bond acceptors (Lipinski definition) is 3. The van der Waals surface area contributed by atoms with Gasteiger partial charge in [-0.25, -0.2) is 0 Å². The number of ether oxygens (including phenoxy) is 1. The first kappa shape index (κ1) is 12.2. The SMILES string of the molecule is CCOC(C)(C)C(N)c1ccnn1CC. The quantitative estimate of drug-likeness (QED) is 0.806. The highest BCUT2D eigenvalue weighted by Gasteiger charge is 2.30. The highest BCUT2D eigenvalue weighted by Crippen LogP contribution is 2.26. The molecule has 0 spiro atoms. The summed E-state index contributed by atoms with van der Waals surface area (Å²) in [6.45, 7) is 9.55. The van der Waals surface area contributed by atoms with Gasteiger partial charge in [0.15, 0.2) is 0 Å². The largest absolute Gasteiger partial charge is 0.374 e. The van der Waals surface area contributed by atoms with Crippen LogP contribution in [0.15, 0.2) is 12.3 Å². The molecule has 1 heterocycles. The molecule has 1 aromatic heterocycles. The molecule has 0 amide bonds. The zero-order chi connectivity index (χ0) is 11.5. The van der Waals surface area contributed by atoms with Gasteiger partial charge in [0, 0.05) is 19.3 Å². The third-order valence-corrected chi connectivity index (χ3v) is 2.63. The number of aryl methyl sites for hydroxylation is 1. The Morgan fingerprint density at radius 1 is 1.53 bits per heavy atom. The van der Waals surface area contributed by atoms with E-state index in [9.17, 15) is 0 Å². The van der Waals surface area contributed by atoms with Crippen molar-refractivity contribution in [2.45, 2.75) is 45.9 Å². The first-order valence-electron chi connectivity index (χ1n) is 5.44. The van der Waals surface area contributed by atoms with Crippen LogP contribution < -0.4 is 5.73 Å². The van der Waals surface area contributed by atoms with Gasteiger partial charge in [0.05, 0.1) is 17.3 Å². The lowest BCUT2D eigenvalue weighted by molar-refractivity contribution is -0.0315. The van der Waals surface area contributed by atoms with Gasteiger partial charge in [-0.15, -0.1) is 0 Å². The average Bonchev–Trinajstić information content (AvgIpc) is 2.63. The lowest BCUT2D eigenvalue weighted by Crippen LogP contribution is -2.39. The molecule has 2 N–H and O–H groups in total. The van der Waals surface area contributed by atoms with Crippen molar-refractivity contribution in [2.24, 2.45) is 5.73 Å². The molecular formula is C11H21N3O. The maximum atomic E-state index is 6.19. The molecule has 0 aromatic carbocycles. The predicted molar refractivity (Wildman–Crippen MR) is 60.5 cm³/mol. The van der Waals surface area contributed by atoms with Gasteiger partial charge in [-0.2, -0.15) is 5.10 Å². The van der Waals surface area contributed by atoms with E-state index in [1.807, 2.05) is 31.5 Å². The molecule has 0 radical (unpaired) electrons. The van der Waals surface area contributed by atoms with Crippen LogP contribution in [0.3, 0.4) is 0 Å². The Morgan fingerprint density at radius 2 is 2.20 bits per heavy atom. The Hall–Kier alpha value is -0.870. The summed E-state index contributed by atoms with van der Waals surface area (Å²) in [4.78, 5) is 0. The normalized spacial score (nSPS) is 14.2. The summed E-state index contributed by atoms with van der Waals surface area (Å²) in [7, 11) is 0. The lowest BCUT2D eigenvalue weighted by atomic mass is 9.96. The summed E-state index contributed by atoms with van der Waals surface area (Å²) in [5.74, 6) is 0. The van der Waals surface area contributed by atoms with Crippen molar-refractivity contribution in [2.75, 3.05) is 6.61 Å². The van der Waals surface area contributed by atoms with Crippen molar-refractivity contribution in [1.82, 2.24) is 9.78 Å². The summed E-state index contributed by atoms with van der Waals surface area (Å²) >= 11 is 0. The van der Waals surface area contributed by atoms with Crippen LogP contribution in [0, 0.1) is 0 Å². The fourth-order valence-corrected chi connectivity index (χ4v) is 1.69. The van der Waals surface area contributed by atoms with E-state index in [4.69, 9.17) is 10.5 Å². The minimum atomic E-state index is -0.359. The Balaban J connectivity index is 2.88. The van der Waals surface area contributed by atoms with Crippen LogP contribution in [-0.4, -0.2) is 22.0 Å². The summed E-state index contributed by atoms with van der Waals surface area (Å²) < 4.78 is 7.56. The van der Waals surface area contributed by atoms with Crippen LogP contribution in [0.4, 0.5) is 0 Å². The van der Waals surface area contributed by atoms with E-state index in [1.165, 1.54) is 0 Å². The monoisotopic (exact) mass is 211 g/mol. The van der Waals surface area contributed by atoms with Crippen molar-refractivity contribution < 1.29 is 4.74 Å². The van der Waals surface area contributed by atoms with Gasteiger partial charge in [-0.3, -0.25) is 4.68 Å². The Morgan fingerprint density at radius 3 is 2.73 bits per heavy atom. The number of nitrogens with two attached hydrogens (primary N) is 1. The molecule has 0 aliphatic rings. The number of hydrogen-bond donors (Lipinski definition) is 1. The van der Waals surface area contributed by atoms with Gasteiger partial charge >= 0.3 is 0 Å². The van der Waals surface area contributed by atoms with Crippen molar-refractivity contribution in [3.63, 3.8) is 0 Å². The third kappa shape index (κ3) is 2.58. The predicted octanol–water partition coefficient (Wildman–Crippen LogP) is 1.72. The highest BCUT2D eigenvalue weighted by atomic mass is 16.5. The van der Waals surface area contributed by atoms with Crippen LogP contribution in [0.1, 0.15) is 39.4 Å².